The number of piperidine rings is 1. The lowest BCUT2D eigenvalue weighted by Crippen LogP contribution is -2.48. The highest BCUT2D eigenvalue weighted by molar-refractivity contribution is 5.85. The molecule has 0 amide bonds. The Balaban J connectivity index is 2.36. The van der Waals surface area contributed by atoms with E-state index in [1.54, 1.807) is 24.1 Å². The van der Waals surface area contributed by atoms with Gasteiger partial charge in [0.25, 0.3) is 5.92 Å². The molecule has 28 heavy (non-hydrogen) atoms. The van der Waals surface area contributed by atoms with Crippen molar-refractivity contribution in [1.29, 1.82) is 0 Å². The molecule has 0 aliphatic carbocycles. The summed E-state index contributed by atoms with van der Waals surface area (Å²) in [6.45, 7) is 1.72. The maximum absolute atomic E-state index is 14.3. The van der Waals surface area contributed by atoms with Gasteiger partial charge in [0.15, 0.2) is 6.29 Å². The van der Waals surface area contributed by atoms with Crippen LogP contribution in [0.25, 0.3) is 5.70 Å². The van der Waals surface area contributed by atoms with E-state index in [9.17, 15) is 18.4 Å². The highest BCUT2D eigenvalue weighted by Crippen LogP contribution is 2.36. The molecular weight excluding hydrogens is 370 g/mol. The maximum Gasteiger partial charge on any atom is 0.305 e. The number of aryl methyl sites for hydroxylation is 1. The summed E-state index contributed by atoms with van der Waals surface area (Å²) in [7, 11) is 2.82. The molecule has 2 rings (SSSR count). The number of carbonyl (C=O) groups excluding carboxylic acids is 2. The van der Waals surface area contributed by atoms with E-state index in [1.807, 2.05) is 6.92 Å². The number of likely N-dealkylation sites (N-methyl/N-ethyl adjacent to an activating group) is 1. The van der Waals surface area contributed by atoms with Crippen molar-refractivity contribution < 1.29 is 23.1 Å². The van der Waals surface area contributed by atoms with Gasteiger partial charge in [0.2, 0.25) is 0 Å². The van der Waals surface area contributed by atoms with Crippen LogP contribution in [-0.2, 0) is 20.7 Å². The van der Waals surface area contributed by atoms with Gasteiger partial charge < -0.3 is 20.7 Å². The molecule has 1 aromatic heterocycles. The second-order valence-corrected chi connectivity index (χ2v) is 6.80. The maximum atomic E-state index is 14.3. The second-order valence-electron chi connectivity index (χ2n) is 6.80. The molecular formula is C19H26F2N4O3. The lowest BCUT2D eigenvalue weighted by atomic mass is 9.91. The van der Waals surface area contributed by atoms with E-state index in [0.29, 0.717) is 36.3 Å². The molecule has 7 nitrogen and oxygen atoms in total. The van der Waals surface area contributed by atoms with E-state index in [2.05, 4.69) is 15.0 Å². The Bertz CT molecular complexity index is 768. The average Bonchev–Trinajstić information content (AvgIpc) is 2.66. The first-order chi connectivity index (χ1) is 13.2. The number of nitrogens with zero attached hydrogens (tertiary/aromatic N) is 2. The SMILES string of the molecule is CCc1nc(/C(N)=C(\C=O)NC)ccc1N1C[C@@H](CC(=O)OC)CC(F)(F)C1. The van der Waals surface area contributed by atoms with E-state index >= 15 is 0 Å². The Morgan fingerprint density at radius 2 is 2.21 bits per heavy atom. The van der Waals surface area contributed by atoms with Crippen LogP contribution >= 0.6 is 0 Å². The number of aldehydes is 1. The monoisotopic (exact) mass is 396 g/mol. The Labute approximate surface area is 162 Å². The quantitative estimate of drug-likeness (QED) is 0.411. The number of alkyl halides is 2. The minimum absolute atomic E-state index is 0.0594. The molecule has 0 saturated carbocycles. The van der Waals surface area contributed by atoms with Gasteiger partial charge in [-0.05, 0) is 24.5 Å². The fraction of sp³-hybridized carbons (Fsp3) is 0.526. The molecule has 0 spiro atoms. The van der Waals surface area contributed by atoms with Gasteiger partial charge in [-0.25, -0.2) is 13.8 Å². The number of nitrogens with one attached hydrogen (secondary N) is 1. The molecule has 1 aromatic rings. The fourth-order valence-corrected chi connectivity index (χ4v) is 3.43. The molecule has 9 heteroatoms. The summed E-state index contributed by atoms with van der Waals surface area (Å²) in [5.74, 6) is -3.94. The van der Waals surface area contributed by atoms with Crippen LogP contribution in [0.5, 0.6) is 0 Å². The number of rotatable bonds is 7. The molecule has 1 atom stereocenters. The number of nitrogens with two attached hydrogens (primary N) is 1. The largest absolute Gasteiger partial charge is 0.469 e. The lowest BCUT2D eigenvalue weighted by molar-refractivity contribution is -0.142. The van der Waals surface area contributed by atoms with Crippen molar-refractivity contribution in [3.8, 4) is 0 Å². The van der Waals surface area contributed by atoms with Crippen molar-refractivity contribution in [3.05, 3.63) is 29.2 Å². The standard InChI is InChI=1S/C19H26F2N4O3/c1-4-13-16(6-5-14(24-13)18(22)15(10-26)23-2)25-9-12(7-17(27)28-3)8-19(20,21)11-25/h5-6,10,12,23H,4,7-9,11,22H2,1-3H3/b18-15-/t12-/m0/s1. The van der Waals surface area contributed by atoms with Crippen molar-refractivity contribution in [2.75, 3.05) is 32.1 Å². The third-order valence-electron chi connectivity index (χ3n) is 4.75. The normalized spacial score (nSPS) is 19.6. The van der Waals surface area contributed by atoms with Gasteiger partial charge >= 0.3 is 5.97 Å². The topological polar surface area (TPSA) is 97.5 Å². The first kappa shape index (κ1) is 21.6. The van der Waals surface area contributed by atoms with E-state index in [0.717, 1.165) is 0 Å². The van der Waals surface area contributed by atoms with Crippen LogP contribution in [0.1, 0.15) is 31.2 Å². The molecule has 1 aliphatic heterocycles. The van der Waals surface area contributed by atoms with Gasteiger partial charge in [0.1, 0.15) is 0 Å². The minimum Gasteiger partial charge on any atom is -0.469 e. The molecule has 1 aliphatic rings. The van der Waals surface area contributed by atoms with Gasteiger partial charge in [-0.3, -0.25) is 9.59 Å². The lowest BCUT2D eigenvalue weighted by Gasteiger charge is -2.39. The van der Waals surface area contributed by atoms with Gasteiger partial charge in [0.05, 0.1) is 48.5 Å². The molecule has 0 aromatic carbocycles. The fourth-order valence-electron chi connectivity index (χ4n) is 3.43. The number of methoxy groups -OCH3 is 1. The van der Waals surface area contributed by atoms with Gasteiger partial charge in [-0.15, -0.1) is 0 Å². The zero-order valence-electron chi connectivity index (χ0n) is 16.3. The van der Waals surface area contributed by atoms with Crippen LogP contribution in [0.15, 0.2) is 17.8 Å². The number of carbonyl (C=O) groups is 2. The summed E-state index contributed by atoms with van der Waals surface area (Å²) in [4.78, 5) is 28.7. The number of esters is 1. The summed E-state index contributed by atoms with van der Waals surface area (Å²) in [6.07, 6.45) is 0.678. The van der Waals surface area contributed by atoms with E-state index < -0.39 is 24.4 Å². The molecule has 0 unspecified atom stereocenters. The number of aromatic nitrogens is 1. The summed E-state index contributed by atoms with van der Waals surface area (Å²) < 4.78 is 33.2. The van der Waals surface area contributed by atoms with Crippen LogP contribution in [0, 0.1) is 5.92 Å². The van der Waals surface area contributed by atoms with Crippen LogP contribution < -0.4 is 16.0 Å². The zero-order valence-corrected chi connectivity index (χ0v) is 16.3. The first-order valence-electron chi connectivity index (χ1n) is 9.07. The van der Waals surface area contributed by atoms with Crippen LogP contribution in [0.3, 0.4) is 0 Å². The van der Waals surface area contributed by atoms with Gasteiger partial charge in [-0.1, -0.05) is 6.92 Å². The van der Waals surface area contributed by atoms with Crippen LogP contribution in [0.4, 0.5) is 14.5 Å². The number of ether oxygens (including phenoxy) is 1. The predicted octanol–water partition coefficient (Wildman–Crippen LogP) is 1.71. The Kier molecular flexibility index (Phi) is 6.93. The smallest absolute Gasteiger partial charge is 0.305 e. The number of anilines is 1. The van der Waals surface area contributed by atoms with Crippen molar-refractivity contribution in [2.24, 2.45) is 11.7 Å². The minimum atomic E-state index is -2.92. The van der Waals surface area contributed by atoms with Crippen molar-refractivity contribution >= 4 is 23.6 Å². The van der Waals surface area contributed by atoms with Crippen molar-refractivity contribution in [2.45, 2.75) is 32.1 Å². The zero-order chi connectivity index (χ0) is 20.9. The van der Waals surface area contributed by atoms with Crippen LogP contribution in [0.2, 0.25) is 0 Å². The van der Waals surface area contributed by atoms with Crippen molar-refractivity contribution in [3.63, 3.8) is 0 Å². The van der Waals surface area contributed by atoms with Gasteiger partial charge in [0, 0.05) is 20.0 Å². The molecule has 3 N–H and O–H groups in total. The summed E-state index contributed by atoms with van der Waals surface area (Å²) in [6, 6.07) is 3.29. The van der Waals surface area contributed by atoms with E-state index in [1.165, 1.54) is 7.11 Å². The highest BCUT2D eigenvalue weighted by Gasteiger charge is 2.41. The number of hydrogen-bond acceptors (Lipinski definition) is 7. The molecule has 0 radical (unpaired) electrons. The highest BCUT2D eigenvalue weighted by atomic mass is 19.3. The summed E-state index contributed by atoms with van der Waals surface area (Å²) in [5.41, 5.74) is 7.94. The summed E-state index contributed by atoms with van der Waals surface area (Å²) >= 11 is 0. The first-order valence-corrected chi connectivity index (χ1v) is 9.07. The molecule has 1 saturated heterocycles. The van der Waals surface area contributed by atoms with E-state index in [4.69, 9.17) is 5.73 Å². The molecule has 0 bridgehead atoms. The van der Waals surface area contributed by atoms with Gasteiger partial charge in [-0.2, -0.15) is 0 Å². The number of halogens is 2. The third-order valence-corrected chi connectivity index (χ3v) is 4.75. The third kappa shape index (κ3) is 4.96. The number of hydrogen-bond donors (Lipinski definition) is 2. The second kappa shape index (κ2) is 8.99. The molecule has 1 fully saturated rings. The molecule has 2 heterocycles. The number of allylic oxidation sites excluding steroid dienone is 1. The van der Waals surface area contributed by atoms with E-state index in [-0.39, 0.29) is 24.2 Å². The summed E-state index contributed by atoms with van der Waals surface area (Å²) in [5, 5.41) is 2.70. The Morgan fingerprint density at radius 1 is 1.50 bits per heavy atom. The predicted molar refractivity (Wildman–Crippen MR) is 102 cm³/mol. The number of pyridine rings is 1. The van der Waals surface area contributed by atoms with Crippen LogP contribution in [-0.4, -0.2) is 50.4 Å². The Hall–Kier alpha value is -2.71. The average molecular weight is 396 g/mol. The Morgan fingerprint density at radius 3 is 2.79 bits per heavy atom. The molecule has 154 valence electrons. The van der Waals surface area contributed by atoms with Crippen molar-refractivity contribution in [1.82, 2.24) is 10.3 Å².